The van der Waals surface area contributed by atoms with Crippen LogP contribution in [0.3, 0.4) is 0 Å². The van der Waals surface area contributed by atoms with Crippen LogP contribution < -0.4 is 0 Å². The van der Waals surface area contributed by atoms with E-state index in [0.29, 0.717) is 6.42 Å². The Morgan fingerprint density at radius 1 is 1.12 bits per heavy atom. The number of hydrogen-bond acceptors (Lipinski definition) is 2. The summed E-state index contributed by atoms with van der Waals surface area (Å²) in [6.07, 6.45) is -4.20. The highest BCUT2D eigenvalue weighted by Crippen LogP contribution is 2.30. The number of alkyl halides is 3. The fraction of sp³-hybridized carbons (Fsp3) is 0.278. The van der Waals surface area contributed by atoms with E-state index in [4.69, 9.17) is 0 Å². The SMILES string of the molecule is CN(C(=O)c1cccc(C(F)(F)F)c1)C(CCO)c1ccccc1. The van der Waals surface area contributed by atoms with Crippen molar-refractivity contribution in [2.75, 3.05) is 13.7 Å². The van der Waals surface area contributed by atoms with Gasteiger partial charge in [-0.2, -0.15) is 13.2 Å². The zero-order valence-electron chi connectivity index (χ0n) is 13.1. The summed E-state index contributed by atoms with van der Waals surface area (Å²) in [5.74, 6) is -0.525. The lowest BCUT2D eigenvalue weighted by molar-refractivity contribution is -0.137. The Morgan fingerprint density at radius 3 is 2.38 bits per heavy atom. The molecule has 0 aromatic heterocycles. The first-order chi connectivity index (χ1) is 11.3. The van der Waals surface area contributed by atoms with Crippen LogP contribution in [0.25, 0.3) is 0 Å². The number of carbonyl (C=O) groups is 1. The molecule has 0 saturated heterocycles. The molecular formula is C18H18F3NO2. The molecule has 0 fully saturated rings. The van der Waals surface area contributed by atoms with Crippen molar-refractivity contribution in [1.82, 2.24) is 4.90 Å². The number of aliphatic hydroxyl groups is 1. The highest BCUT2D eigenvalue weighted by atomic mass is 19.4. The van der Waals surface area contributed by atoms with E-state index in [2.05, 4.69) is 0 Å². The number of benzene rings is 2. The van der Waals surface area contributed by atoms with E-state index < -0.39 is 23.7 Å². The molecule has 1 unspecified atom stereocenters. The van der Waals surface area contributed by atoms with Gasteiger partial charge in [0.2, 0.25) is 0 Å². The Balaban J connectivity index is 2.30. The summed E-state index contributed by atoms with van der Waals surface area (Å²) in [4.78, 5) is 14.0. The lowest BCUT2D eigenvalue weighted by Gasteiger charge is -2.28. The Hall–Kier alpha value is -2.34. The Kier molecular flexibility index (Phi) is 5.62. The van der Waals surface area contributed by atoms with Crippen LogP contribution in [0.4, 0.5) is 13.2 Å². The molecule has 1 atom stereocenters. The van der Waals surface area contributed by atoms with Gasteiger partial charge in [-0.25, -0.2) is 0 Å². The summed E-state index contributed by atoms with van der Waals surface area (Å²) in [5, 5.41) is 9.26. The zero-order chi connectivity index (χ0) is 17.7. The Bertz CT molecular complexity index is 686. The minimum absolute atomic E-state index is 0.0359. The first-order valence-electron chi connectivity index (χ1n) is 7.45. The molecule has 0 aliphatic heterocycles. The van der Waals surface area contributed by atoms with Gasteiger partial charge in [0.1, 0.15) is 0 Å². The van der Waals surface area contributed by atoms with Crippen LogP contribution in [0.15, 0.2) is 54.6 Å². The molecule has 1 amide bonds. The Labute approximate surface area is 138 Å². The minimum atomic E-state index is -4.50. The van der Waals surface area contributed by atoms with Crippen molar-refractivity contribution >= 4 is 5.91 Å². The number of hydrogen-bond donors (Lipinski definition) is 1. The van der Waals surface area contributed by atoms with Crippen molar-refractivity contribution < 1.29 is 23.1 Å². The van der Waals surface area contributed by atoms with Crippen molar-refractivity contribution in [1.29, 1.82) is 0 Å². The molecule has 1 N–H and O–H groups in total. The van der Waals surface area contributed by atoms with Crippen molar-refractivity contribution in [2.45, 2.75) is 18.6 Å². The summed E-state index contributed by atoms with van der Waals surface area (Å²) in [7, 11) is 1.52. The number of halogens is 3. The normalized spacial score (nSPS) is 12.7. The quantitative estimate of drug-likeness (QED) is 0.899. The first-order valence-corrected chi connectivity index (χ1v) is 7.45. The maximum Gasteiger partial charge on any atom is 0.416 e. The molecule has 0 radical (unpaired) electrons. The third-order valence-corrected chi connectivity index (χ3v) is 3.81. The summed E-state index contributed by atoms with van der Waals surface area (Å²) in [6, 6.07) is 13.0. The van der Waals surface area contributed by atoms with Crippen molar-refractivity contribution in [2.24, 2.45) is 0 Å². The van der Waals surface area contributed by atoms with E-state index >= 15 is 0 Å². The third kappa shape index (κ3) is 4.14. The fourth-order valence-corrected chi connectivity index (χ4v) is 2.56. The van der Waals surface area contributed by atoms with Crippen molar-refractivity contribution in [3.63, 3.8) is 0 Å². The van der Waals surface area contributed by atoms with Gasteiger partial charge in [-0.1, -0.05) is 36.4 Å². The second kappa shape index (κ2) is 7.49. The lowest BCUT2D eigenvalue weighted by atomic mass is 10.0. The maximum absolute atomic E-state index is 12.8. The molecule has 0 aliphatic rings. The van der Waals surface area contributed by atoms with Crippen molar-refractivity contribution in [3.05, 3.63) is 71.3 Å². The zero-order valence-corrected chi connectivity index (χ0v) is 13.1. The van der Waals surface area contributed by atoms with Gasteiger partial charge in [-0.3, -0.25) is 4.79 Å². The molecule has 0 saturated carbocycles. The molecule has 0 heterocycles. The first kappa shape index (κ1) is 18.0. The molecule has 2 aromatic rings. The highest BCUT2D eigenvalue weighted by Gasteiger charge is 2.31. The molecular weight excluding hydrogens is 319 g/mol. The van der Waals surface area contributed by atoms with Crippen LogP contribution in [-0.2, 0) is 6.18 Å². The molecule has 2 aromatic carbocycles. The van der Waals surface area contributed by atoms with Gasteiger partial charge in [0.15, 0.2) is 0 Å². The van der Waals surface area contributed by atoms with Crippen LogP contribution >= 0.6 is 0 Å². The number of nitrogens with zero attached hydrogens (tertiary/aromatic N) is 1. The van der Waals surface area contributed by atoms with Crippen LogP contribution in [0.1, 0.15) is 33.9 Å². The van der Waals surface area contributed by atoms with Gasteiger partial charge < -0.3 is 10.0 Å². The summed E-state index contributed by atoms with van der Waals surface area (Å²) in [6.45, 7) is -0.139. The Morgan fingerprint density at radius 2 is 1.79 bits per heavy atom. The second-order valence-electron chi connectivity index (χ2n) is 5.43. The van der Waals surface area contributed by atoms with Gasteiger partial charge in [-0.15, -0.1) is 0 Å². The molecule has 0 spiro atoms. The maximum atomic E-state index is 12.8. The summed E-state index contributed by atoms with van der Waals surface area (Å²) < 4.78 is 38.5. The van der Waals surface area contributed by atoms with E-state index in [1.54, 1.807) is 0 Å². The van der Waals surface area contributed by atoms with Gasteiger partial charge in [0.25, 0.3) is 5.91 Å². The van der Waals surface area contributed by atoms with Gasteiger partial charge >= 0.3 is 6.18 Å². The lowest BCUT2D eigenvalue weighted by Crippen LogP contribution is -2.32. The second-order valence-corrected chi connectivity index (χ2v) is 5.43. The molecule has 6 heteroatoms. The predicted octanol–water partition coefficient (Wildman–Crippen LogP) is 3.90. The van der Waals surface area contributed by atoms with Gasteiger partial charge in [0.05, 0.1) is 11.6 Å². The molecule has 2 rings (SSSR count). The highest BCUT2D eigenvalue weighted by molar-refractivity contribution is 5.94. The number of rotatable bonds is 5. The van der Waals surface area contributed by atoms with Gasteiger partial charge in [-0.05, 0) is 30.2 Å². The van der Waals surface area contributed by atoms with Gasteiger partial charge in [0, 0.05) is 19.2 Å². The molecule has 3 nitrogen and oxygen atoms in total. The smallest absolute Gasteiger partial charge is 0.396 e. The van der Waals surface area contributed by atoms with Crippen molar-refractivity contribution in [3.8, 4) is 0 Å². The van der Waals surface area contributed by atoms with E-state index in [1.807, 2.05) is 30.3 Å². The van der Waals surface area contributed by atoms with Crippen LogP contribution in [0.5, 0.6) is 0 Å². The van der Waals surface area contributed by atoms with E-state index in [0.717, 1.165) is 17.7 Å². The number of carbonyl (C=O) groups excluding carboxylic acids is 1. The monoisotopic (exact) mass is 337 g/mol. The van der Waals surface area contributed by atoms with E-state index in [-0.39, 0.29) is 12.2 Å². The average molecular weight is 337 g/mol. The fourth-order valence-electron chi connectivity index (χ4n) is 2.56. The topological polar surface area (TPSA) is 40.5 Å². The number of aliphatic hydroxyl groups excluding tert-OH is 1. The molecule has 0 aliphatic carbocycles. The minimum Gasteiger partial charge on any atom is -0.396 e. The average Bonchev–Trinajstić information content (AvgIpc) is 2.58. The predicted molar refractivity (Wildman–Crippen MR) is 84.4 cm³/mol. The molecule has 128 valence electrons. The molecule has 24 heavy (non-hydrogen) atoms. The summed E-state index contributed by atoms with van der Waals surface area (Å²) >= 11 is 0. The molecule has 0 bridgehead atoms. The third-order valence-electron chi connectivity index (χ3n) is 3.81. The van der Waals surface area contributed by atoms with Crippen LogP contribution in [0.2, 0.25) is 0 Å². The van der Waals surface area contributed by atoms with Crippen LogP contribution in [0, 0.1) is 0 Å². The van der Waals surface area contributed by atoms with E-state index in [9.17, 15) is 23.1 Å². The van der Waals surface area contributed by atoms with Crippen LogP contribution in [-0.4, -0.2) is 29.6 Å². The number of amides is 1. The summed E-state index contributed by atoms with van der Waals surface area (Å²) in [5.41, 5.74) is -0.0826. The largest absolute Gasteiger partial charge is 0.416 e. The van der Waals surface area contributed by atoms with E-state index in [1.165, 1.54) is 24.1 Å². The standard InChI is InChI=1S/C18H18F3NO2/c1-22(16(10-11-23)13-6-3-2-4-7-13)17(24)14-8-5-9-15(12-14)18(19,20)21/h2-9,12,16,23H,10-11H2,1H3.